The van der Waals surface area contributed by atoms with E-state index >= 15 is 0 Å². The molecule has 1 aromatic carbocycles. The first-order chi connectivity index (χ1) is 6.59. The molecule has 3 N–H and O–H groups in total. The number of carbonyl (C=O) groups is 1. The van der Waals surface area contributed by atoms with E-state index in [9.17, 15) is 13.2 Å². The molecule has 0 heterocycles. The molecule has 0 aliphatic carbocycles. The lowest BCUT2D eigenvalue weighted by molar-refractivity contribution is 0.259. The Morgan fingerprint density at radius 2 is 2.00 bits per heavy atom. The SMILES string of the molecule is NC(=O)Nc1ccccc1C[SH](=O)=O. The molecule has 2 amide bonds. The number of nitrogens with two attached hydrogens (primary N) is 1. The van der Waals surface area contributed by atoms with E-state index in [4.69, 9.17) is 5.73 Å². The molecule has 76 valence electrons. The first-order valence-corrected chi connectivity index (χ1v) is 5.22. The van der Waals surface area contributed by atoms with Crippen LogP contribution in [0.5, 0.6) is 0 Å². The van der Waals surface area contributed by atoms with Gasteiger partial charge < -0.3 is 11.1 Å². The topological polar surface area (TPSA) is 89.3 Å². The van der Waals surface area contributed by atoms with Gasteiger partial charge in [-0.2, -0.15) is 0 Å². The minimum absolute atomic E-state index is 0.105. The van der Waals surface area contributed by atoms with Crippen LogP contribution in [0, 0.1) is 0 Å². The summed E-state index contributed by atoms with van der Waals surface area (Å²) in [6, 6.07) is 5.89. The molecule has 1 aromatic rings. The minimum atomic E-state index is -2.51. The van der Waals surface area contributed by atoms with E-state index in [1.54, 1.807) is 24.3 Å². The smallest absolute Gasteiger partial charge is 0.316 e. The maximum absolute atomic E-state index is 10.6. The Labute approximate surface area is 82.9 Å². The van der Waals surface area contributed by atoms with Crippen molar-refractivity contribution in [3.05, 3.63) is 29.8 Å². The highest BCUT2D eigenvalue weighted by Gasteiger charge is 2.03. The maximum Gasteiger partial charge on any atom is 0.316 e. The van der Waals surface area contributed by atoms with Gasteiger partial charge in [-0.05, 0) is 11.6 Å². The Balaban J connectivity index is 2.96. The number of nitrogens with one attached hydrogen (secondary N) is 1. The van der Waals surface area contributed by atoms with Gasteiger partial charge in [-0.25, -0.2) is 13.2 Å². The van der Waals surface area contributed by atoms with Crippen LogP contribution in [0.2, 0.25) is 0 Å². The fourth-order valence-electron chi connectivity index (χ4n) is 1.05. The number of thiol groups is 1. The first kappa shape index (κ1) is 10.5. The fourth-order valence-corrected chi connectivity index (χ4v) is 1.61. The predicted octanol–water partition coefficient (Wildman–Crippen LogP) is 0.289. The van der Waals surface area contributed by atoms with Crippen molar-refractivity contribution in [1.82, 2.24) is 0 Å². The average molecular weight is 214 g/mol. The Morgan fingerprint density at radius 3 is 2.57 bits per heavy atom. The quantitative estimate of drug-likeness (QED) is 0.632. The number of anilines is 1. The summed E-state index contributed by atoms with van der Waals surface area (Å²) < 4.78 is 21.0. The maximum atomic E-state index is 10.6. The van der Waals surface area contributed by atoms with E-state index in [0.29, 0.717) is 11.3 Å². The van der Waals surface area contributed by atoms with Crippen LogP contribution in [-0.2, 0) is 16.5 Å². The van der Waals surface area contributed by atoms with Gasteiger partial charge in [0.25, 0.3) is 0 Å². The second kappa shape index (κ2) is 4.61. The van der Waals surface area contributed by atoms with Crippen LogP contribution in [-0.4, -0.2) is 14.4 Å². The lowest BCUT2D eigenvalue weighted by atomic mass is 10.2. The van der Waals surface area contributed by atoms with Crippen molar-refractivity contribution in [2.45, 2.75) is 5.75 Å². The molecule has 0 saturated carbocycles. The molecule has 0 aromatic heterocycles. The largest absolute Gasteiger partial charge is 0.351 e. The van der Waals surface area contributed by atoms with E-state index in [2.05, 4.69) is 5.32 Å². The predicted molar refractivity (Wildman–Crippen MR) is 53.7 cm³/mol. The number of primary amides is 1. The van der Waals surface area contributed by atoms with Crippen molar-refractivity contribution in [2.75, 3.05) is 5.32 Å². The summed E-state index contributed by atoms with van der Waals surface area (Å²) in [6.45, 7) is 0. The molecule has 0 radical (unpaired) electrons. The number of carbonyl (C=O) groups excluding carboxylic acids is 1. The highest BCUT2D eigenvalue weighted by Crippen LogP contribution is 2.15. The molecule has 0 spiro atoms. The van der Waals surface area contributed by atoms with Gasteiger partial charge in [-0.1, -0.05) is 18.2 Å². The molecule has 0 aliphatic heterocycles. The number of hydrogen-bond acceptors (Lipinski definition) is 3. The molecular weight excluding hydrogens is 204 g/mol. The van der Waals surface area contributed by atoms with Gasteiger partial charge >= 0.3 is 6.03 Å². The second-order valence-corrected chi connectivity index (χ2v) is 3.62. The van der Waals surface area contributed by atoms with Gasteiger partial charge in [-0.15, -0.1) is 0 Å². The zero-order valence-electron chi connectivity index (χ0n) is 7.27. The van der Waals surface area contributed by atoms with E-state index < -0.39 is 16.7 Å². The molecule has 0 fully saturated rings. The van der Waals surface area contributed by atoms with Crippen LogP contribution in [0.1, 0.15) is 5.56 Å². The third-order valence-corrected chi connectivity index (χ3v) is 2.17. The van der Waals surface area contributed by atoms with Gasteiger partial charge in [0, 0.05) is 5.69 Å². The molecule has 0 saturated heterocycles. The zero-order chi connectivity index (χ0) is 10.6. The van der Waals surface area contributed by atoms with Gasteiger partial charge in [0.05, 0.1) is 5.75 Å². The summed E-state index contributed by atoms with van der Waals surface area (Å²) in [5.41, 5.74) is 5.88. The average Bonchev–Trinajstić information content (AvgIpc) is 2.06. The van der Waals surface area contributed by atoms with Gasteiger partial charge in [0.1, 0.15) is 10.7 Å². The van der Waals surface area contributed by atoms with Crippen molar-refractivity contribution in [3.63, 3.8) is 0 Å². The minimum Gasteiger partial charge on any atom is -0.351 e. The molecule has 0 aliphatic rings. The molecule has 0 atom stereocenters. The molecule has 0 unspecified atom stereocenters. The number of hydrogen-bond donors (Lipinski definition) is 3. The van der Waals surface area contributed by atoms with Crippen molar-refractivity contribution < 1.29 is 13.2 Å². The highest BCUT2D eigenvalue weighted by molar-refractivity contribution is 7.71. The molecular formula is C8H10N2O3S. The summed E-state index contributed by atoms with van der Waals surface area (Å²) in [6.07, 6.45) is 0. The van der Waals surface area contributed by atoms with Crippen molar-refractivity contribution in [3.8, 4) is 0 Å². The standard InChI is InChI=1S/C8H10N2O3S/c9-8(11)10-7-4-2-1-3-6(7)5-14(12)13/h1-4,14H,5H2,(H3,9,10,11). The first-order valence-electron chi connectivity index (χ1n) is 3.86. The number of benzene rings is 1. The van der Waals surface area contributed by atoms with Crippen molar-refractivity contribution in [2.24, 2.45) is 5.73 Å². The van der Waals surface area contributed by atoms with Crippen LogP contribution in [0.25, 0.3) is 0 Å². The van der Waals surface area contributed by atoms with Gasteiger partial charge in [0.15, 0.2) is 0 Å². The number of para-hydroxylation sites is 1. The normalized spacial score (nSPS) is 10.1. The molecule has 0 bridgehead atoms. The highest BCUT2D eigenvalue weighted by atomic mass is 32.2. The Morgan fingerprint density at radius 1 is 1.36 bits per heavy atom. The van der Waals surface area contributed by atoms with Crippen LogP contribution in [0.15, 0.2) is 24.3 Å². The van der Waals surface area contributed by atoms with Crippen LogP contribution >= 0.6 is 0 Å². The summed E-state index contributed by atoms with van der Waals surface area (Å²) in [4.78, 5) is 10.6. The van der Waals surface area contributed by atoms with Crippen LogP contribution in [0.4, 0.5) is 10.5 Å². The zero-order valence-corrected chi connectivity index (χ0v) is 8.16. The van der Waals surface area contributed by atoms with E-state index in [-0.39, 0.29) is 5.75 Å². The summed E-state index contributed by atoms with van der Waals surface area (Å²) in [7, 11) is -2.51. The monoisotopic (exact) mass is 214 g/mol. The molecule has 1 rings (SSSR count). The summed E-state index contributed by atoms with van der Waals surface area (Å²) >= 11 is 0. The number of rotatable bonds is 3. The third-order valence-electron chi connectivity index (χ3n) is 1.57. The van der Waals surface area contributed by atoms with Gasteiger partial charge in [0.2, 0.25) is 0 Å². The molecule has 14 heavy (non-hydrogen) atoms. The van der Waals surface area contributed by atoms with E-state index in [1.165, 1.54) is 0 Å². The van der Waals surface area contributed by atoms with E-state index in [1.807, 2.05) is 0 Å². The van der Waals surface area contributed by atoms with Crippen LogP contribution in [0.3, 0.4) is 0 Å². The van der Waals surface area contributed by atoms with Crippen LogP contribution < -0.4 is 11.1 Å². The Bertz CT molecular complexity index is 407. The summed E-state index contributed by atoms with van der Waals surface area (Å²) in [5.74, 6) is -0.105. The lowest BCUT2D eigenvalue weighted by Crippen LogP contribution is -2.20. The molecule has 5 nitrogen and oxygen atoms in total. The Kier molecular flexibility index (Phi) is 3.47. The number of urea groups is 1. The Hall–Kier alpha value is -1.56. The van der Waals surface area contributed by atoms with Gasteiger partial charge in [-0.3, -0.25) is 0 Å². The molecule has 6 heteroatoms. The fraction of sp³-hybridized carbons (Fsp3) is 0.125. The van der Waals surface area contributed by atoms with Crippen molar-refractivity contribution in [1.29, 1.82) is 0 Å². The lowest BCUT2D eigenvalue weighted by Gasteiger charge is -2.05. The van der Waals surface area contributed by atoms with E-state index in [0.717, 1.165) is 0 Å². The third kappa shape index (κ3) is 3.06. The van der Waals surface area contributed by atoms with Crippen molar-refractivity contribution >= 4 is 22.4 Å². The second-order valence-electron chi connectivity index (χ2n) is 2.64. The summed E-state index contributed by atoms with van der Waals surface area (Å²) in [5, 5.41) is 2.35. The number of amides is 2.